The molecule has 0 amide bonds. The maximum atomic E-state index is 12.4. The molecule has 0 saturated heterocycles. The second-order valence-electron chi connectivity index (χ2n) is 4.31. The molecule has 6 heteroatoms. The number of non-ortho nitro benzene ring substituents is 1. The van der Waals surface area contributed by atoms with E-state index in [1.165, 1.54) is 24.3 Å². The van der Waals surface area contributed by atoms with E-state index in [1.807, 2.05) is 0 Å². The molecule has 0 aliphatic heterocycles. The van der Waals surface area contributed by atoms with Gasteiger partial charge in [0, 0.05) is 12.1 Å². The van der Waals surface area contributed by atoms with E-state index in [0.717, 1.165) is 12.1 Å². The number of hydrogen-bond donors (Lipinski definition) is 0. The molecule has 0 aromatic heterocycles. The van der Waals surface area contributed by atoms with E-state index in [-0.39, 0.29) is 5.69 Å². The van der Waals surface area contributed by atoms with Crippen molar-refractivity contribution in [3.63, 3.8) is 0 Å². The number of rotatable bonds is 3. The highest BCUT2D eigenvalue weighted by molar-refractivity contribution is 5.70. The smallest absolute Gasteiger partial charge is 0.258 e. The van der Waals surface area contributed by atoms with Crippen molar-refractivity contribution in [1.29, 1.82) is 0 Å². The van der Waals surface area contributed by atoms with Crippen molar-refractivity contribution in [3.05, 3.63) is 75.3 Å². The molecular formula is C15H10F3NO2. The van der Waals surface area contributed by atoms with Crippen molar-refractivity contribution >= 4 is 17.8 Å². The fourth-order valence-corrected chi connectivity index (χ4v) is 1.72. The van der Waals surface area contributed by atoms with Gasteiger partial charge < -0.3 is 0 Å². The Morgan fingerprint density at radius 1 is 0.952 bits per heavy atom. The summed E-state index contributed by atoms with van der Waals surface area (Å²) >= 11 is 0. The van der Waals surface area contributed by atoms with Gasteiger partial charge in [-0.1, -0.05) is 36.4 Å². The van der Waals surface area contributed by atoms with E-state index >= 15 is 0 Å². The van der Waals surface area contributed by atoms with Gasteiger partial charge in [-0.05, 0) is 23.3 Å². The highest BCUT2D eigenvalue weighted by atomic mass is 19.4. The third-order valence-electron chi connectivity index (χ3n) is 2.79. The van der Waals surface area contributed by atoms with Gasteiger partial charge in [0.2, 0.25) is 0 Å². The molecule has 2 rings (SSSR count). The lowest BCUT2D eigenvalue weighted by atomic mass is 10.1. The molecule has 2 aromatic carbocycles. The van der Waals surface area contributed by atoms with Crippen LogP contribution < -0.4 is 0 Å². The van der Waals surface area contributed by atoms with Gasteiger partial charge in [-0.3, -0.25) is 10.1 Å². The van der Waals surface area contributed by atoms with Crippen LogP contribution in [-0.4, -0.2) is 4.92 Å². The largest absolute Gasteiger partial charge is 0.416 e. The van der Waals surface area contributed by atoms with Gasteiger partial charge in [-0.15, -0.1) is 0 Å². The van der Waals surface area contributed by atoms with Crippen molar-refractivity contribution in [2.24, 2.45) is 0 Å². The summed E-state index contributed by atoms with van der Waals surface area (Å²) in [6.45, 7) is 0. The number of benzene rings is 2. The van der Waals surface area contributed by atoms with Gasteiger partial charge in [0.05, 0.1) is 10.5 Å². The molecule has 0 aliphatic rings. The Kier molecular flexibility index (Phi) is 4.07. The van der Waals surface area contributed by atoms with Crippen LogP contribution >= 0.6 is 0 Å². The molecule has 0 fully saturated rings. The molecule has 0 unspecified atom stereocenters. The normalized spacial score (nSPS) is 11.8. The van der Waals surface area contributed by atoms with Crippen LogP contribution in [-0.2, 0) is 6.18 Å². The lowest BCUT2D eigenvalue weighted by Gasteiger charge is -2.05. The van der Waals surface area contributed by atoms with E-state index in [0.29, 0.717) is 11.1 Å². The first-order chi connectivity index (χ1) is 9.86. The van der Waals surface area contributed by atoms with Crippen LogP contribution in [0, 0.1) is 10.1 Å². The first-order valence-corrected chi connectivity index (χ1v) is 5.96. The zero-order valence-electron chi connectivity index (χ0n) is 10.7. The summed E-state index contributed by atoms with van der Waals surface area (Å²) in [6.07, 6.45) is -1.16. The second-order valence-corrected chi connectivity index (χ2v) is 4.31. The van der Waals surface area contributed by atoms with Crippen molar-refractivity contribution in [2.45, 2.75) is 6.18 Å². The maximum Gasteiger partial charge on any atom is 0.416 e. The Labute approximate surface area is 118 Å². The molecular weight excluding hydrogens is 283 g/mol. The van der Waals surface area contributed by atoms with Gasteiger partial charge in [-0.25, -0.2) is 0 Å². The van der Waals surface area contributed by atoms with Crippen molar-refractivity contribution < 1.29 is 18.1 Å². The van der Waals surface area contributed by atoms with Crippen LogP contribution in [0.15, 0.2) is 48.5 Å². The summed E-state index contributed by atoms with van der Waals surface area (Å²) in [5, 5.41) is 10.6. The van der Waals surface area contributed by atoms with Crippen molar-refractivity contribution in [2.75, 3.05) is 0 Å². The third kappa shape index (κ3) is 3.92. The van der Waals surface area contributed by atoms with Gasteiger partial charge >= 0.3 is 6.18 Å². The first kappa shape index (κ1) is 14.8. The van der Waals surface area contributed by atoms with Gasteiger partial charge in [0.1, 0.15) is 0 Å². The van der Waals surface area contributed by atoms with Gasteiger partial charge in [0.25, 0.3) is 5.69 Å². The second kappa shape index (κ2) is 5.78. The zero-order chi connectivity index (χ0) is 15.5. The number of nitro benzene ring substituents is 1. The molecule has 0 spiro atoms. The fourth-order valence-electron chi connectivity index (χ4n) is 1.72. The maximum absolute atomic E-state index is 12.4. The number of alkyl halides is 3. The lowest BCUT2D eigenvalue weighted by molar-refractivity contribution is -0.384. The molecule has 0 aliphatic carbocycles. The Bertz CT molecular complexity index is 676. The summed E-state index contributed by atoms with van der Waals surface area (Å²) < 4.78 is 37.2. The minimum absolute atomic E-state index is 0.0374. The van der Waals surface area contributed by atoms with E-state index in [2.05, 4.69) is 0 Å². The van der Waals surface area contributed by atoms with Crippen LogP contribution in [0.25, 0.3) is 12.2 Å². The predicted octanol–water partition coefficient (Wildman–Crippen LogP) is 4.78. The predicted molar refractivity (Wildman–Crippen MR) is 73.5 cm³/mol. The van der Waals surface area contributed by atoms with Crippen LogP contribution in [0.3, 0.4) is 0 Å². The van der Waals surface area contributed by atoms with Gasteiger partial charge in [-0.2, -0.15) is 13.2 Å². The molecule has 21 heavy (non-hydrogen) atoms. The van der Waals surface area contributed by atoms with Gasteiger partial charge in [0.15, 0.2) is 0 Å². The summed E-state index contributed by atoms with van der Waals surface area (Å²) in [4.78, 5) is 10.1. The Hall–Kier alpha value is -2.63. The molecule has 0 N–H and O–H groups in total. The number of nitrogens with zero attached hydrogens (tertiary/aromatic N) is 1. The lowest BCUT2D eigenvalue weighted by Crippen LogP contribution is -2.03. The summed E-state index contributed by atoms with van der Waals surface area (Å²) in [6, 6.07) is 10.7. The molecule has 2 aromatic rings. The Balaban J connectivity index is 2.18. The number of halogens is 3. The number of nitro groups is 1. The van der Waals surface area contributed by atoms with E-state index in [4.69, 9.17) is 0 Å². The topological polar surface area (TPSA) is 43.1 Å². The van der Waals surface area contributed by atoms with Crippen LogP contribution in [0.2, 0.25) is 0 Å². The Morgan fingerprint density at radius 2 is 1.57 bits per heavy atom. The molecule has 0 heterocycles. The zero-order valence-corrected chi connectivity index (χ0v) is 10.7. The third-order valence-corrected chi connectivity index (χ3v) is 2.79. The SMILES string of the molecule is O=[N+]([O-])c1cccc(C=Cc2ccc(C(F)(F)F)cc2)c1. The minimum Gasteiger partial charge on any atom is -0.258 e. The van der Waals surface area contributed by atoms with E-state index in [1.54, 1.807) is 24.3 Å². The molecule has 0 atom stereocenters. The molecule has 108 valence electrons. The van der Waals surface area contributed by atoms with Crippen LogP contribution in [0.4, 0.5) is 18.9 Å². The Morgan fingerprint density at radius 3 is 2.14 bits per heavy atom. The van der Waals surface area contributed by atoms with Crippen LogP contribution in [0.5, 0.6) is 0 Å². The molecule has 0 saturated carbocycles. The van der Waals surface area contributed by atoms with Crippen LogP contribution in [0.1, 0.15) is 16.7 Å². The average Bonchev–Trinajstić information content (AvgIpc) is 2.45. The standard InChI is InChI=1S/C15H10F3NO2/c16-15(17,18)13-8-6-11(7-9-13)4-5-12-2-1-3-14(10-12)19(20)21/h1-10H. The quantitative estimate of drug-likeness (QED) is 0.464. The van der Waals surface area contributed by atoms with Crippen molar-refractivity contribution in [3.8, 4) is 0 Å². The highest BCUT2D eigenvalue weighted by Gasteiger charge is 2.29. The molecule has 3 nitrogen and oxygen atoms in total. The number of hydrogen-bond acceptors (Lipinski definition) is 2. The highest BCUT2D eigenvalue weighted by Crippen LogP contribution is 2.29. The summed E-state index contributed by atoms with van der Waals surface area (Å²) in [5.41, 5.74) is 0.429. The fraction of sp³-hybridized carbons (Fsp3) is 0.0667. The van der Waals surface area contributed by atoms with Crippen molar-refractivity contribution in [1.82, 2.24) is 0 Å². The molecule has 0 radical (unpaired) electrons. The average molecular weight is 293 g/mol. The van der Waals surface area contributed by atoms with E-state index in [9.17, 15) is 23.3 Å². The monoisotopic (exact) mass is 293 g/mol. The first-order valence-electron chi connectivity index (χ1n) is 5.96. The molecule has 0 bridgehead atoms. The minimum atomic E-state index is -4.36. The summed E-state index contributed by atoms with van der Waals surface area (Å²) in [5.74, 6) is 0. The summed E-state index contributed by atoms with van der Waals surface area (Å²) in [7, 11) is 0. The van der Waals surface area contributed by atoms with E-state index < -0.39 is 16.7 Å².